The number of aromatic nitrogens is 2. The van der Waals surface area contributed by atoms with E-state index in [2.05, 4.69) is 9.55 Å². The number of aryl methyl sites for hydroxylation is 1. The number of carbonyl (C=O) groups excluding carboxylic acids is 1. The Labute approximate surface area is 106 Å². The van der Waals surface area contributed by atoms with Crippen molar-refractivity contribution in [3.8, 4) is 0 Å². The summed E-state index contributed by atoms with van der Waals surface area (Å²) >= 11 is 0. The lowest BCUT2D eigenvalue weighted by Crippen LogP contribution is -2.20. The van der Waals surface area contributed by atoms with E-state index in [-0.39, 0.29) is 0 Å². The number of aldehydes is 1. The van der Waals surface area contributed by atoms with Gasteiger partial charge in [-0.3, -0.25) is 4.79 Å². The fraction of sp³-hybridized carbons (Fsp3) is 0.429. The number of ether oxygens (including phenoxy) is 1. The summed E-state index contributed by atoms with van der Waals surface area (Å²) in [6.07, 6.45) is 2.92. The molecule has 2 heterocycles. The fourth-order valence-electron chi connectivity index (χ4n) is 2.71. The Balaban J connectivity index is 2.10. The molecule has 0 N–H and O–H groups in total. The highest BCUT2D eigenvalue weighted by Crippen LogP contribution is 2.27. The zero-order chi connectivity index (χ0) is 12.5. The standard InChI is InChI=1S/C14H16N2O2/c1-10-15-13-8-11(9-17)2-3-14(13)16(10)12-4-6-18-7-5-12/h2-3,8-9,12H,4-7H2,1H3. The summed E-state index contributed by atoms with van der Waals surface area (Å²) in [4.78, 5) is 15.4. The molecule has 3 rings (SSSR count). The predicted octanol–water partition coefficient (Wildman–Crippen LogP) is 2.51. The summed E-state index contributed by atoms with van der Waals surface area (Å²) in [5.41, 5.74) is 2.70. The van der Waals surface area contributed by atoms with Crippen LogP contribution in [-0.4, -0.2) is 29.1 Å². The molecule has 0 radical (unpaired) electrons. The second-order valence-corrected chi connectivity index (χ2v) is 4.74. The van der Waals surface area contributed by atoms with Gasteiger partial charge in [-0.15, -0.1) is 0 Å². The first-order valence-corrected chi connectivity index (χ1v) is 6.31. The Kier molecular flexibility index (Phi) is 2.88. The number of imidazole rings is 1. The molecule has 0 spiro atoms. The van der Waals surface area contributed by atoms with Gasteiger partial charge in [0.25, 0.3) is 0 Å². The lowest BCUT2D eigenvalue weighted by atomic mass is 10.1. The monoisotopic (exact) mass is 244 g/mol. The van der Waals surface area contributed by atoms with E-state index in [1.54, 1.807) is 0 Å². The van der Waals surface area contributed by atoms with Gasteiger partial charge in [0.1, 0.15) is 12.1 Å². The van der Waals surface area contributed by atoms with Crippen LogP contribution in [0.4, 0.5) is 0 Å². The molecule has 0 saturated carbocycles. The van der Waals surface area contributed by atoms with Crippen molar-refractivity contribution >= 4 is 17.3 Å². The van der Waals surface area contributed by atoms with Crippen LogP contribution in [0.15, 0.2) is 18.2 Å². The Bertz CT molecular complexity index is 583. The predicted molar refractivity (Wildman–Crippen MR) is 68.9 cm³/mol. The van der Waals surface area contributed by atoms with Crippen molar-refractivity contribution in [2.45, 2.75) is 25.8 Å². The average Bonchev–Trinajstić information content (AvgIpc) is 2.74. The molecule has 1 saturated heterocycles. The number of rotatable bonds is 2. The van der Waals surface area contributed by atoms with Crippen molar-refractivity contribution in [2.75, 3.05) is 13.2 Å². The van der Waals surface area contributed by atoms with Crippen LogP contribution in [0, 0.1) is 6.92 Å². The van der Waals surface area contributed by atoms with E-state index in [1.807, 2.05) is 25.1 Å². The summed E-state index contributed by atoms with van der Waals surface area (Å²) in [6, 6.07) is 6.16. The molecule has 4 nitrogen and oxygen atoms in total. The maximum atomic E-state index is 10.8. The Morgan fingerprint density at radius 3 is 2.89 bits per heavy atom. The minimum atomic E-state index is 0.464. The van der Waals surface area contributed by atoms with Gasteiger partial charge in [-0.05, 0) is 38.0 Å². The maximum Gasteiger partial charge on any atom is 0.150 e. The maximum absolute atomic E-state index is 10.8. The molecule has 2 aromatic rings. The topological polar surface area (TPSA) is 44.1 Å². The molecule has 0 unspecified atom stereocenters. The van der Waals surface area contributed by atoms with Crippen LogP contribution < -0.4 is 0 Å². The van der Waals surface area contributed by atoms with Crippen molar-refractivity contribution in [1.29, 1.82) is 0 Å². The molecule has 0 amide bonds. The number of carbonyl (C=O) groups is 1. The normalized spacial score (nSPS) is 17.2. The van der Waals surface area contributed by atoms with Gasteiger partial charge in [0.15, 0.2) is 0 Å². The molecule has 4 heteroatoms. The number of fused-ring (bicyclic) bond motifs is 1. The van der Waals surface area contributed by atoms with Crippen LogP contribution in [0.1, 0.15) is 35.1 Å². The second kappa shape index (κ2) is 4.53. The average molecular weight is 244 g/mol. The van der Waals surface area contributed by atoms with Crippen LogP contribution in [0.3, 0.4) is 0 Å². The highest BCUT2D eigenvalue weighted by molar-refractivity contribution is 5.85. The van der Waals surface area contributed by atoms with Crippen molar-refractivity contribution in [3.05, 3.63) is 29.6 Å². The number of benzene rings is 1. The molecular formula is C14H16N2O2. The molecule has 1 fully saturated rings. The van der Waals surface area contributed by atoms with Crippen LogP contribution >= 0.6 is 0 Å². The summed E-state index contributed by atoms with van der Waals surface area (Å²) < 4.78 is 7.69. The van der Waals surface area contributed by atoms with Crippen LogP contribution in [-0.2, 0) is 4.74 Å². The number of hydrogen-bond acceptors (Lipinski definition) is 3. The van der Waals surface area contributed by atoms with Crippen LogP contribution in [0.2, 0.25) is 0 Å². The summed E-state index contributed by atoms with van der Waals surface area (Å²) in [5, 5.41) is 0. The minimum absolute atomic E-state index is 0.464. The van der Waals surface area contributed by atoms with Gasteiger partial charge >= 0.3 is 0 Å². The fourth-order valence-corrected chi connectivity index (χ4v) is 2.71. The Morgan fingerprint density at radius 1 is 1.39 bits per heavy atom. The van der Waals surface area contributed by atoms with E-state index in [0.717, 1.165) is 49.2 Å². The zero-order valence-electron chi connectivity index (χ0n) is 10.4. The molecule has 18 heavy (non-hydrogen) atoms. The minimum Gasteiger partial charge on any atom is -0.381 e. The molecule has 1 aliphatic heterocycles. The first-order valence-electron chi connectivity index (χ1n) is 6.31. The zero-order valence-corrected chi connectivity index (χ0v) is 10.4. The highest BCUT2D eigenvalue weighted by atomic mass is 16.5. The van der Waals surface area contributed by atoms with E-state index < -0.39 is 0 Å². The lowest BCUT2D eigenvalue weighted by Gasteiger charge is -2.25. The van der Waals surface area contributed by atoms with Gasteiger partial charge < -0.3 is 9.30 Å². The first kappa shape index (κ1) is 11.4. The van der Waals surface area contributed by atoms with E-state index >= 15 is 0 Å². The Morgan fingerprint density at radius 2 is 2.17 bits per heavy atom. The van der Waals surface area contributed by atoms with Gasteiger partial charge in [-0.1, -0.05) is 0 Å². The molecule has 1 aliphatic rings. The van der Waals surface area contributed by atoms with E-state index in [1.165, 1.54) is 0 Å². The molecular weight excluding hydrogens is 228 g/mol. The van der Waals surface area contributed by atoms with Gasteiger partial charge in [0.2, 0.25) is 0 Å². The molecule has 0 bridgehead atoms. The highest BCUT2D eigenvalue weighted by Gasteiger charge is 2.20. The SMILES string of the molecule is Cc1nc2cc(C=O)ccc2n1C1CCOCC1. The third-order valence-electron chi connectivity index (χ3n) is 3.58. The van der Waals surface area contributed by atoms with Crippen molar-refractivity contribution in [2.24, 2.45) is 0 Å². The number of hydrogen-bond donors (Lipinski definition) is 0. The summed E-state index contributed by atoms with van der Waals surface area (Å²) in [5.74, 6) is 1.01. The molecule has 0 atom stereocenters. The third kappa shape index (κ3) is 1.82. The molecule has 0 aliphatic carbocycles. The largest absolute Gasteiger partial charge is 0.381 e. The summed E-state index contributed by atoms with van der Waals surface area (Å²) in [7, 11) is 0. The second-order valence-electron chi connectivity index (χ2n) is 4.74. The van der Waals surface area contributed by atoms with Crippen LogP contribution in [0.5, 0.6) is 0 Å². The van der Waals surface area contributed by atoms with Gasteiger partial charge in [-0.2, -0.15) is 0 Å². The molecule has 1 aromatic carbocycles. The van der Waals surface area contributed by atoms with Crippen molar-refractivity contribution < 1.29 is 9.53 Å². The van der Waals surface area contributed by atoms with E-state index in [0.29, 0.717) is 11.6 Å². The van der Waals surface area contributed by atoms with Gasteiger partial charge in [-0.25, -0.2) is 4.98 Å². The number of nitrogens with zero attached hydrogens (tertiary/aromatic N) is 2. The molecule has 94 valence electrons. The third-order valence-corrected chi connectivity index (χ3v) is 3.58. The van der Waals surface area contributed by atoms with E-state index in [9.17, 15) is 4.79 Å². The van der Waals surface area contributed by atoms with Gasteiger partial charge in [0.05, 0.1) is 11.0 Å². The van der Waals surface area contributed by atoms with Crippen molar-refractivity contribution in [3.63, 3.8) is 0 Å². The summed E-state index contributed by atoms with van der Waals surface area (Å²) in [6.45, 7) is 3.66. The lowest BCUT2D eigenvalue weighted by molar-refractivity contribution is 0.0701. The van der Waals surface area contributed by atoms with Gasteiger partial charge in [0, 0.05) is 24.8 Å². The van der Waals surface area contributed by atoms with Crippen LogP contribution in [0.25, 0.3) is 11.0 Å². The Hall–Kier alpha value is -1.68. The quantitative estimate of drug-likeness (QED) is 0.762. The van der Waals surface area contributed by atoms with Crippen molar-refractivity contribution in [1.82, 2.24) is 9.55 Å². The smallest absolute Gasteiger partial charge is 0.150 e. The molecule has 1 aromatic heterocycles. The van der Waals surface area contributed by atoms with E-state index in [4.69, 9.17) is 4.74 Å². The first-order chi connectivity index (χ1) is 8.79.